The summed E-state index contributed by atoms with van der Waals surface area (Å²) >= 11 is 0. The van der Waals surface area contributed by atoms with Crippen molar-refractivity contribution in [2.75, 3.05) is 39.9 Å². The number of hydrogen-bond acceptors (Lipinski definition) is 2. The number of nitrogens with zero attached hydrogens (tertiary/aromatic N) is 2. The normalized spacial score (nSPS) is 18.1. The molecule has 4 heteroatoms. The Morgan fingerprint density at radius 1 is 1.24 bits per heavy atom. The Bertz CT molecular complexity index is 708. The van der Waals surface area contributed by atoms with Gasteiger partial charge in [-0.25, -0.2) is 0 Å². The molecule has 0 radical (unpaired) electrons. The van der Waals surface area contributed by atoms with Gasteiger partial charge in [-0.15, -0.1) is 0 Å². The molecule has 1 saturated heterocycles. The SMILES string of the molecule is CCOCC1CCN(C(=NC)NCCc2cccc3ccccc23)C1. The highest BCUT2D eigenvalue weighted by Crippen LogP contribution is 2.19. The number of rotatable bonds is 6. The molecule has 3 rings (SSSR count). The molecule has 0 aromatic heterocycles. The van der Waals surface area contributed by atoms with E-state index in [1.54, 1.807) is 0 Å². The van der Waals surface area contributed by atoms with Crippen LogP contribution in [0.25, 0.3) is 10.8 Å². The fraction of sp³-hybridized carbons (Fsp3) is 0.476. The first-order chi connectivity index (χ1) is 12.3. The van der Waals surface area contributed by atoms with Crippen LogP contribution >= 0.6 is 0 Å². The summed E-state index contributed by atoms with van der Waals surface area (Å²) in [4.78, 5) is 6.82. The second-order valence-electron chi connectivity index (χ2n) is 6.62. The zero-order chi connectivity index (χ0) is 17.5. The lowest BCUT2D eigenvalue weighted by Crippen LogP contribution is -2.41. The molecule has 1 heterocycles. The van der Waals surface area contributed by atoms with Crippen LogP contribution in [0.2, 0.25) is 0 Å². The van der Waals surface area contributed by atoms with Crippen molar-refractivity contribution in [3.8, 4) is 0 Å². The molecule has 0 aliphatic carbocycles. The number of nitrogens with one attached hydrogen (secondary N) is 1. The largest absolute Gasteiger partial charge is 0.381 e. The minimum absolute atomic E-state index is 0.622. The number of aliphatic imine (C=N–C) groups is 1. The van der Waals surface area contributed by atoms with E-state index in [-0.39, 0.29) is 0 Å². The molecule has 2 aromatic carbocycles. The summed E-state index contributed by atoms with van der Waals surface area (Å²) in [7, 11) is 1.87. The highest BCUT2D eigenvalue weighted by atomic mass is 16.5. The van der Waals surface area contributed by atoms with Gasteiger partial charge in [-0.3, -0.25) is 4.99 Å². The number of fused-ring (bicyclic) bond motifs is 1. The molecule has 2 aromatic rings. The minimum Gasteiger partial charge on any atom is -0.381 e. The summed E-state index contributed by atoms with van der Waals surface area (Å²) in [6.45, 7) is 6.71. The molecule has 1 unspecified atom stereocenters. The maximum Gasteiger partial charge on any atom is 0.193 e. The first-order valence-corrected chi connectivity index (χ1v) is 9.31. The summed E-state index contributed by atoms with van der Waals surface area (Å²) in [6.07, 6.45) is 2.18. The maximum atomic E-state index is 5.57. The first-order valence-electron chi connectivity index (χ1n) is 9.31. The van der Waals surface area contributed by atoms with E-state index in [9.17, 15) is 0 Å². The maximum absolute atomic E-state index is 5.57. The van der Waals surface area contributed by atoms with E-state index in [1.165, 1.54) is 22.8 Å². The Kier molecular flexibility index (Phi) is 6.29. The van der Waals surface area contributed by atoms with E-state index in [0.717, 1.165) is 45.2 Å². The molecule has 0 amide bonds. The quantitative estimate of drug-likeness (QED) is 0.648. The van der Waals surface area contributed by atoms with Crippen LogP contribution in [0.3, 0.4) is 0 Å². The molecule has 134 valence electrons. The van der Waals surface area contributed by atoms with Gasteiger partial charge >= 0.3 is 0 Å². The van der Waals surface area contributed by atoms with Crippen LogP contribution in [0, 0.1) is 5.92 Å². The summed E-state index contributed by atoms with van der Waals surface area (Å²) in [6, 6.07) is 15.1. The highest BCUT2D eigenvalue weighted by Gasteiger charge is 2.24. The lowest BCUT2D eigenvalue weighted by Gasteiger charge is -2.22. The molecule has 1 atom stereocenters. The summed E-state index contributed by atoms with van der Waals surface area (Å²) in [5, 5.41) is 6.19. The fourth-order valence-electron chi connectivity index (χ4n) is 3.60. The molecular formula is C21H29N3O. The number of benzene rings is 2. The van der Waals surface area contributed by atoms with Gasteiger partial charge in [-0.1, -0.05) is 42.5 Å². The number of likely N-dealkylation sites (tertiary alicyclic amines) is 1. The van der Waals surface area contributed by atoms with Gasteiger partial charge in [0.25, 0.3) is 0 Å². The third-order valence-corrected chi connectivity index (χ3v) is 4.91. The third kappa shape index (κ3) is 4.51. The Morgan fingerprint density at radius 3 is 2.92 bits per heavy atom. The van der Waals surface area contributed by atoms with Crippen LogP contribution in [0.1, 0.15) is 18.9 Å². The molecule has 25 heavy (non-hydrogen) atoms. The van der Waals surface area contributed by atoms with E-state index in [1.807, 2.05) is 7.05 Å². The van der Waals surface area contributed by atoms with Crippen molar-refractivity contribution in [3.63, 3.8) is 0 Å². The van der Waals surface area contributed by atoms with Crippen LogP contribution in [-0.2, 0) is 11.2 Å². The Labute approximate surface area is 150 Å². The van der Waals surface area contributed by atoms with Gasteiger partial charge in [0.2, 0.25) is 0 Å². The molecule has 0 saturated carbocycles. The van der Waals surface area contributed by atoms with Crippen LogP contribution < -0.4 is 5.32 Å². The van der Waals surface area contributed by atoms with E-state index < -0.39 is 0 Å². The van der Waals surface area contributed by atoms with Crippen molar-refractivity contribution in [1.29, 1.82) is 0 Å². The predicted molar refractivity (Wildman–Crippen MR) is 105 cm³/mol. The molecule has 0 bridgehead atoms. The highest BCUT2D eigenvalue weighted by molar-refractivity contribution is 5.85. The van der Waals surface area contributed by atoms with Gasteiger partial charge in [0.1, 0.15) is 0 Å². The van der Waals surface area contributed by atoms with E-state index >= 15 is 0 Å². The lowest BCUT2D eigenvalue weighted by molar-refractivity contribution is 0.114. The van der Waals surface area contributed by atoms with Crippen molar-refractivity contribution in [3.05, 3.63) is 48.0 Å². The second kappa shape index (κ2) is 8.86. The number of ether oxygens (including phenoxy) is 1. The average molecular weight is 339 g/mol. The average Bonchev–Trinajstić information content (AvgIpc) is 3.12. The molecular weight excluding hydrogens is 310 g/mol. The zero-order valence-electron chi connectivity index (χ0n) is 15.4. The zero-order valence-corrected chi connectivity index (χ0v) is 15.4. The van der Waals surface area contributed by atoms with Crippen molar-refractivity contribution in [1.82, 2.24) is 10.2 Å². The molecule has 0 spiro atoms. The molecule has 1 aliphatic rings. The standard InChI is InChI=1S/C21H29N3O/c1-3-25-16-17-12-14-24(15-17)21(22-2)23-13-11-19-9-6-8-18-7-4-5-10-20(18)19/h4-10,17H,3,11-16H2,1-2H3,(H,22,23). The molecule has 4 nitrogen and oxygen atoms in total. The molecule has 1 N–H and O–H groups in total. The van der Waals surface area contributed by atoms with Crippen molar-refractivity contribution >= 4 is 16.7 Å². The van der Waals surface area contributed by atoms with E-state index in [0.29, 0.717) is 5.92 Å². The van der Waals surface area contributed by atoms with E-state index in [2.05, 4.69) is 64.6 Å². The lowest BCUT2D eigenvalue weighted by atomic mass is 10.0. The van der Waals surface area contributed by atoms with E-state index in [4.69, 9.17) is 4.74 Å². The first kappa shape index (κ1) is 17.7. The van der Waals surface area contributed by atoms with Crippen molar-refractivity contribution in [2.24, 2.45) is 10.9 Å². The van der Waals surface area contributed by atoms with Gasteiger partial charge in [0.15, 0.2) is 5.96 Å². The topological polar surface area (TPSA) is 36.9 Å². The van der Waals surface area contributed by atoms with Crippen LogP contribution in [0.4, 0.5) is 0 Å². The van der Waals surface area contributed by atoms with Crippen molar-refractivity contribution < 1.29 is 4.74 Å². The predicted octanol–water partition coefficient (Wildman–Crippen LogP) is 3.32. The molecule has 1 fully saturated rings. The van der Waals surface area contributed by atoms with Gasteiger partial charge in [0.05, 0.1) is 6.61 Å². The second-order valence-corrected chi connectivity index (χ2v) is 6.62. The molecule has 1 aliphatic heterocycles. The summed E-state index contributed by atoms with van der Waals surface area (Å²) < 4.78 is 5.57. The summed E-state index contributed by atoms with van der Waals surface area (Å²) in [5.41, 5.74) is 1.39. The third-order valence-electron chi connectivity index (χ3n) is 4.91. The smallest absolute Gasteiger partial charge is 0.193 e. The fourth-order valence-corrected chi connectivity index (χ4v) is 3.60. The number of guanidine groups is 1. The van der Waals surface area contributed by atoms with Gasteiger partial charge in [-0.2, -0.15) is 0 Å². The van der Waals surface area contributed by atoms with Gasteiger partial charge < -0.3 is 15.0 Å². The Hall–Kier alpha value is -2.07. The van der Waals surface area contributed by atoms with Crippen LogP contribution in [0.15, 0.2) is 47.5 Å². The minimum atomic E-state index is 0.622. The van der Waals surface area contributed by atoms with Crippen LogP contribution in [0.5, 0.6) is 0 Å². The van der Waals surface area contributed by atoms with Crippen molar-refractivity contribution in [2.45, 2.75) is 19.8 Å². The monoisotopic (exact) mass is 339 g/mol. The Morgan fingerprint density at radius 2 is 2.08 bits per heavy atom. The van der Waals surface area contributed by atoms with Gasteiger partial charge in [-0.05, 0) is 36.1 Å². The number of hydrogen-bond donors (Lipinski definition) is 1. The van der Waals surface area contributed by atoms with Gasteiger partial charge in [0, 0.05) is 39.2 Å². The van der Waals surface area contributed by atoms with Crippen LogP contribution in [-0.4, -0.2) is 50.8 Å². The summed E-state index contributed by atoms with van der Waals surface area (Å²) in [5.74, 6) is 1.64. The Balaban J connectivity index is 1.54.